The van der Waals surface area contributed by atoms with E-state index in [0.717, 1.165) is 37.4 Å². The second-order valence-corrected chi connectivity index (χ2v) is 7.25. The molecular formula is C21H25N7O2. The van der Waals surface area contributed by atoms with Crippen LogP contribution in [0.5, 0.6) is 5.75 Å². The van der Waals surface area contributed by atoms with E-state index in [1.807, 2.05) is 30.3 Å². The molecule has 1 atom stereocenters. The predicted octanol–water partition coefficient (Wildman–Crippen LogP) is 1.64. The van der Waals surface area contributed by atoms with Crippen LogP contribution in [0.4, 0.5) is 5.82 Å². The second-order valence-electron chi connectivity index (χ2n) is 7.25. The van der Waals surface area contributed by atoms with Gasteiger partial charge in [-0.1, -0.05) is 12.1 Å². The number of benzene rings is 1. The van der Waals surface area contributed by atoms with Gasteiger partial charge in [0.15, 0.2) is 5.82 Å². The van der Waals surface area contributed by atoms with Crippen molar-refractivity contribution in [2.75, 3.05) is 31.6 Å². The van der Waals surface area contributed by atoms with Crippen molar-refractivity contribution in [1.29, 1.82) is 0 Å². The molecule has 0 radical (unpaired) electrons. The summed E-state index contributed by atoms with van der Waals surface area (Å²) in [4.78, 5) is 27.4. The first-order valence-electron chi connectivity index (χ1n) is 10.1. The Balaban J connectivity index is 1.32. The molecule has 9 heteroatoms. The molecule has 1 fully saturated rings. The van der Waals surface area contributed by atoms with Gasteiger partial charge < -0.3 is 15.0 Å². The maximum Gasteiger partial charge on any atom is 0.224 e. The lowest BCUT2D eigenvalue weighted by atomic mass is 9.97. The molecule has 4 rings (SSSR count). The van der Waals surface area contributed by atoms with E-state index >= 15 is 0 Å². The highest BCUT2D eigenvalue weighted by Crippen LogP contribution is 2.22. The first-order valence-corrected chi connectivity index (χ1v) is 10.1. The number of methoxy groups -OCH3 is 1. The second kappa shape index (κ2) is 9.34. The first kappa shape index (κ1) is 19.8. The molecule has 1 aliphatic heterocycles. The molecule has 3 aromatic rings. The van der Waals surface area contributed by atoms with Crippen LogP contribution in [0.3, 0.4) is 0 Å². The number of nitrogens with one attached hydrogen (secondary N) is 1. The summed E-state index contributed by atoms with van der Waals surface area (Å²) in [5, 5.41) is 7.19. The van der Waals surface area contributed by atoms with Crippen molar-refractivity contribution in [3.05, 3.63) is 54.9 Å². The van der Waals surface area contributed by atoms with Gasteiger partial charge in [0, 0.05) is 25.7 Å². The fraction of sp³-hybridized carbons (Fsp3) is 0.381. The Morgan fingerprint density at radius 1 is 1.20 bits per heavy atom. The molecule has 1 aromatic carbocycles. The minimum Gasteiger partial charge on any atom is -0.497 e. The fourth-order valence-electron chi connectivity index (χ4n) is 3.63. The Morgan fingerprint density at radius 2 is 2.03 bits per heavy atom. The van der Waals surface area contributed by atoms with Crippen molar-refractivity contribution < 1.29 is 9.53 Å². The third kappa shape index (κ3) is 4.73. The van der Waals surface area contributed by atoms with Crippen molar-refractivity contribution in [3.63, 3.8) is 0 Å². The van der Waals surface area contributed by atoms with E-state index in [1.165, 1.54) is 18.2 Å². The van der Waals surface area contributed by atoms with Gasteiger partial charge in [-0.2, -0.15) is 5.10 Å². The van der Waals surface area contributed by atoms with Crippen LogP contribution in [0, 0.1) is 5.92 Å². The highest BCUT2D eigenvalue weighted by atomic mass is 16.5. The third-order valence-corrected chi connectivity index (χ3v) is 5.28. The minimum atomic E-state index is -0.0561. The summed E-state index contributed by atoms with van der Waals surface area (Å²) in [6.45, 7) is 2.12. The Kier molecular flexibility index (Phi) is 6.17. The molecule has 0 aliphatic carbocycles. The maximum absolute atomic E-state index is 12.7. The van der Waals surface area contributed by atoms with Crippen molar-refractivity contribution in [2.24, 2.45) is 5.92 Å². The van der Waals surface area contributed by atoms with Crippen LogP contribution in [0.15, 0.2) is 49.3 Å². The van der Waals surface area contributed by atoms with Crippen LogP contribution in [0.2, 0.25) is 0 Å². The van der Waals surface area contributed by atoms with Gasteiger partial charge in [0.2, 0.25) is 5.91 Å². The summed E-state index contributed by atoms with van der Waals surface area (Å²) >= 11 is 0. The fourth-order valence-corrected chi connectivity index (χ4v) is 3.63. The average Bonchev–Trinajstić information content (AvgIpc) is 3.35. The van der Waals surface area contributed by atoms with E-state index in [9.17, 15) is 4.79 Å². The summed E-state index contributed by atoms with van der Waals surface area (Å²) < 4.78 is 6.77. The van der Waals surface area contributed by atoms with Gasteiger partial charge in [0.05, 0.1) is 13.0 Å². The molecule has 1 saturated heterocycles. The number of amides is 1. The van der Waals surface area contributed by atoms with E-state index < -0.39 is 0 Å². The smallest absolute Gasteiger partial charge is 0.224 e. The Bertz CT molecular complexity index is 960. The minimum absolute atomic E-state index is 0.0561. The van der Waals surface area contributed by atoms with Crippen molar-refractivity contribution in [1.82, 2.24) is 30.0 Å². The monoisotopic (exact) mass is 407 g/mol. The molecule has 30 heavy (non-hydrogen) atoms. The lowest BCUT2D eigenvalue weighted by molar-refractivity contribution is -0.125. The van der Waals surface area contributed by atoms with E-state index in [4.69, 9.17) is 4.74 Å². The summed E-state index contributed by atoms with van der Waals surface area (Å²) in [7, 11) is 1.65. The number of carbonyl (C=O) groups is 1. The van der Waals surface area contributed by atoms with E-state index in [2.05, 4.69) is 30.3 Å². The largest absolute Gasteiger partial charge is 0.497 e. The van der Waals surface area contributed by atoms with Crippen molar-refractivity contribution in [2.45, 2.75) is 19.3 Å². The molecule has 0 saturated carbocycles. The lowest BCUT2D eigenvalue weighted by Crippen LogP contribution is -2.43. The van der Waals surface area contributed by atoms with Crippen LogP contribution in [-0.2, 0) is 11.2 Å². The van der Waals surface area contributed by atoms with Crippen LogP contribution < -0.4 is 15.0 Å². The number of nitrogens with zero attached hydrogens (tertiary/aromatic N) is 6. The van der Waals surface area contributed by atoms with Gasteiger partial charge in [0.1, 0.15) is 30.5 Å². The van der Waals surface area contributed by atoms with Gasteiger partial charge in [-0.25, -0.2) is 19.6 Å². The molecule has 3 heterocycles. The molecule has 1 aliphatic rings. The Hall–Kier alpha value is -3.49. The van der Waals surface area contributed by atoms with E-state index in [-0.39, 0.29) is 11.8 Å². The number of ether oxygens (including phenoxy) is 1. The van der Waals surface area contributed by atoms with E-state index in [1.54, 1.807) is 18.1 Å². The summed E-state index contributed by atoms with van der Waals surface area (Å²) in [6, 6.07) is 9.79. The van der Waals surface area contributed by atoms with Gasteiger partial charge >= 0.3 is 0 Å². The molecule has 156 valence electrons. The van der Waals surface area contributed by atoms with Crippen LogP contribution in [0.25, 0.3) is 5.82 Å². The number of carbonyl (C=O) groups excluding carboxylic acids is 1. The highest BCUT2D eigenvalue weighted by Gasteiger charge is 2.26. The zero-order valence-corrected chi connectivity index (χ0v) is 16.9. The Labute approximate surface area is 175 Å². The molecule has 9 nitrogen and oxygen atoms in total. The van der Waals surface area contributed by atoms with Crippen molar-refractivity contribution >= 4 is 11.7 Å². The van der Waals surface area contributed by atoms with Gasteiger partial charge in [-0.15, -0.1) is 0 Å². The summed E-state index contributed by atoms with van der Waals surface area (Å²) in [5.74, 6) is 2.33. The van der Waals surface area contributed by atoms with Gasteiger partial charge in [-0.05, 0) is 37.0 Å². The van der Waals surface area contributed by atoms with Gasteiger partial charge in [-0.3, -0.25) is 4.79 Å². The molecule has 1 unspecified atom stereocenters. The molecular weight excluding hydrogens is 382 g/mol. The molecule has 1 amide bonds. The predicted molar refractivity (Wildman–Crippen MR) is 112 cm³/mol. The lowest BCUT2D eigenvalue weighted by Gasteiger charge is -2.32. The van der Waals surface area contributed by atoms with Crippen LogP contribution in [-0.4, -0.2) is 57.4 Å². The molecule has 2 aromatic heterocycles. The number of aromatic nitrogens is 5. The number of rotatable bonds is 7. The SMILES string of the molecule is COc1ccc(CCNC(=O)C2CCCN(c3cc(-n4cncn4)ncn3)C2)cc1. The van der Waals surface area contributed by atoms with E-state index in [0.29, 0.717) is 18.9 Å². The molecule has 0 spiro atoms. The Morgan fingerprint density at radius 3 is 2.80 bits per heavy atom. The summed E-state index contributed by atoms with van der Waals surface area (Å²) in [5.41, 5.74) is 1.17. The van der Waals surface area contributed by atoms with Crippen molar-refractivity contribution in [3.8, 4) is 11.6 Å². The summed E-state index contributed by atoms with van der Waals surface area (Å²) in [6.07, 6.45) is 7.20. The molecule has 0 bridgehead atoms. The number of hydrogen-bond acceptors (Lipinski definition) is 7. The quantitative estimate of drug-likeness (QED) is 0.636. The topological polar surface area (TPSA) is 98.1 Å². The van der Waals surface area contributed by atoms with Gasteiger partial charge in [0.25, 0.3) is 0 Å². The zero-order valence-electron chi connectivity index (χ0n) is 16.9. The maximum atomic E-state index is 12.7. The average molecular weight is 407 g/mol. The number of anilines is 1. The standard InChI is InChI=1S/C21H25N7O2/c1-30-18-6-4-16(5-7-18)8-9-23-21(29)17-3-2-10-27(12-17)19-11-20(25-14-24-19)28-15-22-13-26-28/h4-7,11,13-15,17H,2-3,8-10,12H2,1H3,(H,23,29). The zero-order chi connectivity index (χ0) is 20.8. The number of hydrogen-bond donors (Lipinski definition) is 1. The van der Waals surface area contributed by atoms with Crippen LogP contribution in [0.1, 0.15) is 18.4 Å². The molecule has 1 N–H and O–H groups in total. The third-order valence-electron chi connectivity index (χ3n) is 5.28. The highest BCUT2D eigenvalue weighted by molar-refractivity contribution is 5.79. The first-order chi connectivity index (χ1) is 14.7. The number of piperidine rings is 1. The normalized spacial score (nSPS) is 16.3. The van der Waals surface area contributed by atoms with Crippen LogP contribution >= 0.6 is 0 Å².